The van der Waals surface area contributed by atoms with Crippen LogP contribution in [-0.2, 0) is 16.9 Å². The molecule has 3 heterocycles. The van der Waals surface area contributed by atoms with Crippen molar-refractivity contribution in [3.63, 3.8) is 0 Å². The lowest BCUT2D eigenvalue weighted by atomic mass is 9.56. The van der Waals surface area contributed by atoms with E-state index in [0.717, 1.165) is 66.6 Å². The SMILES string of the molecule is N#Cc1ccccc1COCC[N+]12CCC(C(O)(c3ccccc3)c3ccccc3)(CC1)CC2. The Hall–Kier alpha value is -2.97. The van der Waals surface area contributed by atoms with Crippen LogP contribution in [0.5, 0.6) is 0 Å². The van der Waals surface area contributed by atoms with Crippen LogP contribution in [-0.4, -0.2) is 42.4 Å². The molecule has 3 aliphatic heterocycles. The molecule has 3 aliphatic rings. The molecule has 2 bridgehead atoms. The number of ether oxygens (including phenoxy) is 1. The highest BCUT2D eigenvalue weighted by Gasteiger charge is 2.60. The number of quaternary nitrogens is 1. The molecule has 4 nitrogen and oxygen atoms in total. The summed E-state index contributed by atoms with van der Waals surface area (Å²) < 4.78 is 7.09. The molecule has 34 heavy (non-hydrogen) atoms. The Morgan fingerprint density at radius 2 is 1.35 bits per heavy atom. The lowest BCUT2D eigenvalue weighted by Gasteiger charge is -2.60. The summed E-state index contributed by atoms with van der Waals surface area (Å²) in [6, 6.07) is 30.4. The third-order valence-corrected chi connectivity index (χ3v) is 8.45. The summed E-state index contributed by atoms with van der Waals surface area (Å²) in [6.07, 6.45) is 3.01. The lowest BCUT2D eigenvalue weighted by molar-refractivity contribution is -0.946. The van der Waals surface area contributed by atoms with E-state index in [1.165, 1.54) is 0 Å². The highest BCUT2D eigenvalue weighted by atomic mass is 16.5. The maximum Gasteiger partial charge on any atom is 0.121 e. The molecular formula is C30H33N2O2+. The molecule has 3 aromatic carbocycles. The van der Waals surface area contributed by atoms with Crippen molar-refractivity contribution in [3.8, 4) is 6.07 Å². The van der Waals surface area contributed by atoms with Gasteiger partial charge < -0.3 is 14.3 Å². The number of rotatable bonds is 8. The Labute approximate surface area is 202 Å². The van der Waals surface area contributed by atoms with Crippen LogP contribution in [0.1, 0.15) is 41.5 Å². The van der Waals surface area contributed by atoms with Crippen molar-refractivity contribution in [3.05, 3.63) is 107 Å². The van der Waals surface area contributed by atoms with Gasteiger partial charge in [-0.3, -0.25) is 0 Å². The number of nitrogens with zero attached hydrogens (tertiary/aromatic N) is 2. The van der Waals surface area contributed by atoms with Crippen molar-refractivity contribution >= 4 is 0 Å². The Kier molecular flexibility index (Phi) is 6.27. The van der Waals surface area contributed by atoms with Crippen molar-refractivity contribution in [1.82, 2.24) is 0 Å². The second-order valence-corrected chi connectivity index (χ2v) is 10.0. The topological polar surface area (TPSA) is 53.2 Å². The zero-order chi connectivity index (χ0) is 23.5. The predicted octanol–water partition coefficient (Wildman–Crippen LogP) is 5.01. The van der Waals surface area contributed by atoms with E-state index in [2.05, 4.69) is 30.3 Å². The summed E-state index contributed by atoms with van der Waals surface area (Å²) in [7, 11) is 0. The highest BCUT2D eigenvalue weighted by Crippen LogP contribution is 2.57. The van der Waals surface area contributed by atoms with E-state index >= 15 is 0 Å². The Morgan fingerprint density at radius 1 is 0.824 bits per heavy atom. The second-order valence-electron chi connectivity index (χ2n) is 10.0. The van der Waals surface area contributed by atoms with E-state index in [-0.39, 0.29) is 5.41 Å². The molecule has 0 atom stereocenters. The quantitative estimate of drug-likeness (QED) is 0.385. The van der Waals surface area contributed by atoms with Crippen molar-refractivity contribution in [2.24, 2.45) is 5.41 Å². The van der Waals surface area contributed by atoms with E-state index in [1.54, 1.807) is 0 Å². The van der Waals surface area contributed by atoms with E-state index in [4.69, 9.17) is 4.74 Å². The van der Waals surface area contributed by atoms with Crippen LogP contribution in [0.2, 0.25) is 0 Å². The molecule has 0 aromatic heterocycles. The molecule has 0 spiro atoms. The van der Waals surface area contributed by atoms with E-state index in [0.29, 0.717) is 18.8 Å². The fraction of sp³-hybridized carbons (Fsp3) is 0.367. The van der Waals surface area contributed by atoms with E-state index in [1.807, 2.05) is 60.7 Å². The largest absolute Gasteiger partial charge is 0.380 e. The number of piperidine rings is 3. The summed E-state index contributed by atoms with van der Waals surface area (Å²) in [5.41, 5.74) is 2.52. The van der Waals surface area contributed by atoms with Crippen LogP contribution < -0.4 is 0 Å². The van der Waals surface area contributed by atoms with Crippen LogP contribution in [0.25, 0.3) is 0 Å². The first-order chi connectivity index (χ1) is 16.6. The third kappa shape index (κ3) is 3.95. The van der Waals surface area contributed by atoms with Crippen LogP contribution >= 0.6 is 0 Å². The minimum atomic E-state index is -0.983. The molecule has 3 saturated heterocycles. The zero-order valence-electron chi connectivity index (χ0n) is 19.7. The molecule has 6 rings (SSSR count). The minimum Gasteiger partial charge on any atom is -0.380 e. The van der Waals surface area contributed by atoms with Crippen LogP contribution in [0, 0.1) is 16.7 Å². The van der Waals surface area contributed by atoms with Gasteiger partial charge >= 0.3 is 0 Å². The van der Waals surface area contributed by atoms with E-state index in [9.17, 15) is 10.4 Å². The molecule has 0 amide bonds. The van der Waals surface area contributed by atoms with Gasteiger partial charge in [0.2, 0.25) is 0 Å². The first-order valence-corrected chi connectivity index (χ1v) is 12.4. The number of hydrogen-bond donors (Lipinski definition) is 1. The molecule has 174 valence electrons. The monoisotopic (exact) mass is 453 g/mol. The maximum absolute atomic E-state index is 12.5. The van der Waals surface area contributed by atoms with Crippen LogP contribution in [0.15, 0.2) is 84.9 Å². The lowest BCUT2D eigenvalue weighted by Crippen LogP contribution is -2.67. The van der Waals surface area contributed by atoms with Gasteiger partial charge in [-0.1, -0.05) is 78.9 Å². The summed E-state index contributed by atoms with van der Waals surface area (Å²) in [5.74, 6) is 0. The van der Waals surface area contributed by atoms with Crippen molar-refractivity contribution in [2.45, 2.75) is 31.5 Å². The summed E-state index contributed by atoms with van der Waals surface area (Å²) in [4.78, 5) is 0. The molecule has 0 radical (unpaired) electrons. The molecule has 4 heteroatoms. The van der Waals surface area contributed by atoms with Crippen LogP contribution in [0.4, 0.5) is 0 Å². The van der Waals surface area contributed by atoms with Gasteiger partial charge in [0, 0.05) is 24.7 Å². The second kappa shape index (κ2) is 9.35. The number of fused-ring (bicyclic) bond motifs is 3. The summed E-state index contributed by atoms with van der Waals surface area (Å²) in [5, 5.41) is 21.8. The van der Waals surface area contributed by atoms with Crippen LogP contribution in [0.3, 0.4) is 0 Å². The summed E-state index contributed by atoms with van der Waals surface area (Å²) >= 11 is 0. The van der Waals surface area contributed by atoms with Gasteiger partial charge in [0.25, 0.3) is 0 Å². The molecule has 1 N–H and O–H groups in total. The van der Waals surface area contributed by atoms with E-state index < -0.39 is 5.60 Å². The van der Waals surface area contributed by atoms with Crippen molar-refractivity contribution in [1.29, 1.82) is 5.26 Å². The molecule has 0 saturated carbocycles. The Balaban J connectivity index is 1.29. The first-order valence-electron chi connectivity index (χ1n) is 12.4. The zero-order valence-corrected chi connectivity index (χ0v) is 19.7. The average molecular weight is 454 g/mol. The van der Waals surface area contributed by atoms with Gasteiger partial charge in [0.05, 0.1) is 44.5 Å². The first kappa shape index (κ1) is 22.8. The summed E-state index contributed by atoms with van der Waals surface area (Å²) in [6.45, 7) is 5.37. The Bertz CT molecular complexity index is 1090. The standard InChI is InChI=1S/C30H33N2O2/c31-23-25-9-7-8-10-26(25)24-34-22-21-32-18-15-29(16-19-32,17-20-32)30(33,27-11-3-1-4-12-27)28-13-5-2-6-14-28/h1-14,33H,15-22,24H2/q+1. The molecular weight excluding hydrogens is 420 g/mol. The fourth-order valence-electron chi connectivity index (χ4n) is 6.28. The third-order valence-electron chi connectivity index (χ3n) is 8.45. The molecule has 3 aromatic rings. The van der Waals surface area contributed by atoms with Crippen molar-refractivity contribution < 1.29 is 14.3 Å². The smallest absolute Gasteiger partial charge is 0.121 e. The normalized spacial score (nSPS) is 24.0. The number of nitriles is 1. The minimum absolute atomic E-state index is 0.150. The van der Waals surface area contributed by atoms with Gasteiger partial charge in [0.1, 0.15) is 12.1 Å². The maximum atomic E-state index is 12.5. The van der Waals surface area contributed by atoms with Crippen molar-refractivity contribution in [2.75, 3.05) is 32.8 Å². The van der Waals surface area contributed by atoms with Gasteiger partial charge in [-0.05, 0) is 22.8 Å². The van der Waals surface area contributed by atoms with Gasteiger partial charge in [0.15, 0.2) is 0 Å². The van der Waals surface area contributed by atoms with Gasteiger partial charge in [-0.2, -0.15) is 5.26 Å². The van der Waals surface area contributed by atoms with Gasteiger partial charge in [-0.25, -0.2) is 0 Å². The molecule has 3 fully saturated rings. The fourth-order valence-corrected chi connectivity index (χ4v) is 6.28. The molecule has 0 unspecified atom stereocenters. The Morgan fingerprint density at radius 3 is 1.91 bits per heavy atom. The highest BCUT2D eigenvalue weighted by molar-refractivity contribution is 5.39. The van der Waals surface area contributed by atoms with Gasteiger partial charge in [-0.15, -0.1) is 0 Å². The number of benzene rings is 3. The number of aliphatic hydroxyl groups is 1. The average Bonchev–Trinajstić information content (AvgIpc) is 2.93. The molecule has 0 aliphatic carbocycles. The number of hydrogen-bond acceptors (Lipinski definition) is 3. The predicted molar refractivity (Wildman–Crippen MR) is 133 cm³/mol.